The molecule has 0 aliphatic rings. The summed E-state index contributed by atoms with van der Waals surface area (Å²) in [6.45, 7) is 1.32. The van der Waals surface area contributed by atoms with Gasteiger partial charge in [-0.15, -0.1) is 0 Å². The average molecular weight is 185 g/mol. The van der Waals surface area contributed by atoms with E-state index in [1.54, 1.807) is 6.08 Å². The van der Waals surface area contributed by atoms with Crippen LogP contribution in [0.2, 0.25) is 0 Å². The van der Waals surface area contributed by atoms with Crippen molar-refractivity contribution in [2.75, 3.05) is 6.54 Å². The molecule has 0 aliphatic heterocycles. The van der Waals surface area contributed by atoms with Crippen molar-refractivity contribution >= 4 is 17.7 Å². The lowest BCUT2D eigenvalue weighted by Crippen LogP contribution is -2.12. The number of hydrogen-bond donors (Lipinski definition) is 2. The van der Waals surface area contributed by atoms with E-state index in [2.05, 4.69) is 4.99 Å². The van der Waals surface area contributed by atoms with Crippen LogP contribution in [0.3, 0.4) is 0 Å². The first kappa shape index (κ1) is 11.4. The van der Waals surface area contributed by atoms with Crippen molar-refractivity contribution < 1.29 is 19.8 Å². The average Bonchev–Trinajstić information content (AvgIpc) is 2.03. The lowest BCUT2D eigenvalue weighted by atomic mass is 10.3. The molecule has 0 rings (SSSR count). The Balaban J connectivity index is 4.41. The summed E-state index contributed by atoms with van der Waals surface area (Å²) in [6, 6.07) is 0. The number of rotatable bonds is 5. The van der Waals surface area contributed by atoms with Gasteiger partial charge in [-0.1, -0.05) is 13.0 Å². The molecule has 0 aromatic heterocycles. The number of carbonyl (C=O) groups is 2. The second kappa shape index (κ2) is 5.93. The molecule has 72 valence electrons. The molecule has 5 heteroatoms. The van der Waals surface area contributed by atoms with Gasteiger partial charge in [-0.05, 0) is 12.5 Å². The summed E-state index contributed by atoms with van der Waals surface area (Å²) in [5.74, 6) is -2.37. The minimum Gasteiger partial charge on any atom is -0.480 e. The van der Waals surface area contributed by atoms with Crippen molar-refractivity contribution in [2.24, 2.45) is 4.99 Å². The summed E-state index contributed by atoms with van der Waals surface area (Å²) >= 11 is 0. The number of hydrogen-bond acceptors (Lipinski definition) is 3. The van der Waals surface area contributed by atoms with Crippen LogP contribution >= 0.6 is 0 Å². The second-order valence-electron chi connectivity index (χ2n) is 2.21. The summed E-state index contributed by atoms with van der Waals surface area (Å²) in [6.07, 6.45) is 3.58. The Morgan fingerprint density at radius 3 is 2.38 bits per heavy atom. The highest BCUT2D eigenvalue weighted by molar-refractivity contribution is 6.40. The monoisotopic (exact) mass is 185 g/mol. The summed E-state index contributed by atoms with van der Waals surface area (Å²) in [7, 11) is 0. The zero-order chi connectivity index (χ0) is 10.3. The van der Waals surface area contributed by atoms with Gasteiger partial charge in [0, 0.05) is 0 Å². The zero-order valence-electron chi connectivity index (χ0n) is 7.23. The van der Waals surface area contributed by atoms with Crippen LogP contribution in [-0.4, -0.2) is 34.4 Å². The van der Waals surface area contributed by atoms with Crippen LogP contribution in [0.1, 0.15) is 13.3 Å². The Hall–Kier alpha value is -1.65. The van der Waals surface area contributed by atoms with E-state index in [0.29, 0.717) is 6.42 Å². The molecule has 2 N–H and O–H groups in total. The van der Waals surface area contributed by atoms with Crippen LogP contribution in [0, 0.1) is 0 Å². The van der Waals surface area contributed by atoms with Crippen LogP contribution in [0.15, 0.2) is 17.1 Å². The molecule has 0 unspecified atom stereocenters. The molecule has 0 aromatic carbocycles. The fraction of sp³-hybridized carbons (Fsp3) is 0.375. The van der Waals surface area contributed by atoms with Crippen molar-refractivity contribution in [3.63, 3.8) is 0 Å². The number of carboxylic acids is 2. The Labute approximate surface area is 75.4 Å². The van der Waals surface area contributed by atoms with Gasteiger partial charge in [0.15, 0.2) is 0 Å². The topological polar surface area (TPSA) is 87.0 Å². The van der Waals surface area contributed by atoms with Gasteiger partial charge in [0.2, 0.25) is 0 Å². The van der Waals surface area contributed by atoms with Gasteiger partial charge in [0.05, 0.1) is 0 Å². The Morgan fingerprint density at radius 2 is 2.00 bits per heavy atom. The van der Waals surface area contributed by atoms with E-state index in [0.717, 1.165) is 0 Å². The second-order valence-corrected chi connectivity index (χ2v) is 2.21. The van der Waals surface area contributed by atoms with E-state index in [1.807, 2.05) is 6.92 Å². The minimum atomic E-state index is -1.22. The summed E-state index contributed by atoms with van der Waals surface area (Å²) in [5.41, 5.74) is -0.232. The standard InChI is InChI=1S/C8H11NO4/c1-2-3-4-6(8(12)13)9-5-7(10)11/h3-4H,2,5H2,1H3,(H,10,11)(H,12,13)/b4-3-,9-6?. The van der Waals surface area contributed by atoms with Gasteiger partial charge < -0.3 is 10.2 Å². The van der Waals surface area contributed by atoms with E-state index in [9.17, 15) is 9.59 Å². The third-order valence-corrected chi connectivity index (χ3v) is 1.12. The van der Waals surface area contributed by atoms with Crippen molar-refractivity contribution in [3.8, 4) is 0 Å². The lowest BCUT2D eigenvalue weighted by molar-refractivity contribution is -0.135. The fourth-order valence-electron chi connectivity index (χ4n) is 0.574. The molecule has 0 saturated carbocycles. The first-order chi connectivity index (χ1) is 6.07. The Kier molecular flexibility index (Phi) is 5.18. The normalized spacial score (nSPS) is 11.9. The van der Waals surface area contributed by atoms with E-state index >= 15 is 0 Å². The Bertz CT molecular complexity index is 255. The van der Waals surface area contributed by atoms with E-state index < -0.39 is 18.5 Å². The van der Waals surface area contributed by atoms with Gasteiger partial charge in [0.25, 0.3) is 0 Å². The van der Waals surface area contributed by atoms with Crippen molar-refractivity contribution in [2.45, 2.75) is 13.3 Å². The molecule has 0 atom stereocenters. The summed E-state index contributed by atoms with van der Waals surface area (Å²) in [4.78, 5) is 23.9. The van der Waals surface area contributed by atoms with Gasteiger partial charge in [0.1, 0.15) is 12.3 Å². The molecular formula is C8H11NO4. The van der Waals surface area contributed by atoms with Gasteiger partial charge >= 0.3 is 11.9 Å². The maximum atomic E-state index is 10.4. The fourth-order valence-corrected chi connectivity index (χ4v) is 0.574. The maximum absolute atomic E-state index is 10.4. The zero-order valence-corrected chi connectivity index (χ0v) is 7.23. The highest BCUT2D eigenvalue weighted by Gasteiger charge is 2.05. The van der Waals surface area contributed by atoms with Crippen LogP contribution in [-0.2, 0) is 9.59 Å². The van der Waals surface area contributed by atoms with Gasteiger partial charge in [-0.3, -0.25) is 9.79 Å². The molecule has 13 heavy (non-hydrogen) atoms. The summed E-state index contributed by atoms with van der Waals surface area (Å²) < 4.78 is 0. The first-order valence-electron chi connectivity index (χ1n) is 3.74. The van der Waals surface area contributed by atoms with Gasteiger partial charge in [-0.25, -0.2) is 4.79 Å². The molecule has 5 nitrogen and oxygen atoms in total. The molecule has 0 aliphatic carbocycles. The largest absolute Gasteiger partial charge is 0.480 e. The predicted molar refractivity (Wildman–Crippen MR) is 47.0 cm³/mol. The third kappa shape index (κ3) is 5.60. The molecule has 0 radical (unpaired) electrons. The van der Waals surface area contributed by atoms with Crippen molar-refractivity contribution in [1.29, 1.82) is 0 Å². The van der Waals surface area contributed by atoms with Gasteiger partial charge in [-0.2, -0.15) is 0 Å². The minimum absolute atomic E-state index is 0.232. The quantitative estimate of drug-likeness (QED) is 0.613. The third-order valence-electron chi connectivity index (χ3n) is 1.12. The number of aliphatic imine (C=N–C) groups is 1. The smallest absolute Gasteiger partial charge is 0.354 e. The van der Waals surface area contributed by atoms with Crippen LogP contribution in [0.25, 0.3) is 0 Å². The molecule has 0 heterocycles. The highest BCUT2D eigenvalue weighted by Crippen LogP contribution is 1.87. The predicted octanol–water partition coefficient (Wildman–Crippen LogP) is 0.563. The first-order valence-corrected chi connectivity index (χ1v) is 3.74. The lowest BCUT2D eigenvalue weighted by Gasteiger charge is -1.92. The van der Waals surface area contributed by atoms with Crippen molar-refractivity contribution in [1.82, 2.24) is 0 Å². The van der Waals surface area contributed by atoms with Crippen molar-refractivity contribution in [3.05, 3.63) is 12.2 Å². The van der Waals surface area contributed by atoms with E-state index in [1.165, 1.54) is 6.08 Å². The SMILES string of the molecule is CC/C=C\C(=NCC(=O)O)C(=O)O. The molecule has 0 spiro atoms. The Morgan fingerprint density at radius 1 is 1.38 bits per heavy atom. The molecule has 0 amide bonds. The number of aliphatic carboxylic acids is 2. The molecule has 0 saturated heterocycles. The van der Waals surface area contributed by atoms with Crippen LogP contribution in [0.5, 0.6) is 0 Å². The summed E-state index contributed by atoms with van der Waals surface area (Å²) in [5, 5.41) is 16.8. The van der Waals surface area contributed by atoms with E-state index in [4.69, 9.17) is 10.2 Å². The van der Waals surface area contributed by atoms with Crippen LogP contribution < -0.4 is 0 Å². The number of allylic oxidation sites excluding steroid dienone is 1. The van der Waals surface area contributed by atoms with Crippen LogP contribution in [0.4, 0.5) is 0 Å². The van der Waals surface area contributed by atoms with E-state index in [-0.39, 0.29) is 5.71 Å². The highest BCUT2D eigenvalue weighted by atomic mass is 16.4. The molecular weight excluding hydrogens is 174 g/mol. The molecule has 0 bridgehead atoms. The number of nitrogens with zero attached hydrogens (tertiary/aromatic N) is 1. The molecule has 0 aromatic rings. The maximum Gasteiger partial charge on any atom is 0.354 e. The molecule has 0 fully saturated rings. The number of carboxylic acid groups (broad SMARTS) is 2.